The first-order valence-electron chi connectivity index (χ1n) is 2.78. The highest BCUT2D eigenvalue weighted by atomic mass is 79.9. The van der Waals surface area contributed by atoms with Crippen LogP contribution in [0.3, 0.4) is 0 Å². The van der Waals surface area contributed by atoms with Crippen molar-refractivity contribution >= 4 is 15.9 Å². The van der Waals surface area contributed by atoms with E-state index < -0.39 is 0 Å². The van der Waals surface area contributed by atoms with E-state index in [0.29, 0.717) is 4.83 Å². The molecule has 0 N–H and O–H groups in total. The van der Waals surface area contributed by atoms with Crippen molar-refractivity contribution in [3.63, 3.8) is 0 Å². The summed E-state index contributed by atoms with van der Waals surface area (Å²) in [5, 5.41) is 0. The first-order valence-corrected chi connectivity index (χ1v) is 3.69. The Balaban J connectivity index is 2.58. The van der Waals surface area contributed by atoms with Gasteiger partial charge in [-0.15, -0.1) is 0 Å². The normalized spacial score (nSPS) is 27.8. The van der Waals surface area contributed by atoms with Crippen molar-refractivity contribution < 1.29 is 0 Å². The Morgan fingerprint density at radius 1 is 1.75 bits per heavy atom. The predicted molar refractivity (Wildman–Crippen MR) is 40.2 cm³/mol. The Kier molecular flexibility index (Phi) is 1.90. The van der Waals surface area contributed by atoms with Crippen molar-refractivity contribution in [1.29, 1.82) is 0 Å². The van der Waals surface area contributed by atoms with Crippen LogP contribution in [0.1, 0.15) is 13.3 Å². The van der Waals surface area contributed by atoms with Gasteiger partial charge in [0.25, 0.3) is 0 Å². The van der Waals surface area contributed by atoms with E-state index >= 15 is 0 Å². The van der Waals surface area contributed by atoms with Crippen LogP contribution in [0.5, 0.6) is 0 Å². The molecule has 0 saturated heterocycles. The zero-order valence-electron chi connectivity index (χ0n) is 4.89. The lowest BCUT2D eigenvalue weighted by molar-refractivity contribution is 1.05. The fraction of sp³-hybridized carbons (Fsp3) is 0.429. The lowest BCUT2D eigenvalue weighted by atomic mass is 10.1. The van der Waals surface area contributed by atoms with Crippen LogP contribution in [-0.4, -0.2) is 4.83 Å². The Morgan fingerprint density at radius 2 is 2.50 bits per heavy atom. The molecule has 0 aromatic carbocycles. The van der Waals surface area contributed by atoms with Crippen LogP contribution in [0.15, 0.2) is 23.8 Å². The minimum absolute atomic E-state index is 0.575. The van der Waals surface area contributed by atoms with Gasteiger partial charge in [-0.25, -0.2) is 0 Å². The highest BCUT2D eigenvalue weighted by molar-refractivity contribution is 9.09. The Morgan fingerprint density at radius 3 is 2.88 bits per heavy atom. The second-order valence-corrected chi connectivity index (χ2v) is 3.24. The van der Waals surface area contributed by atoms with Crippen molar-refractivity contribution in [2.75, 3.05) is 0 Å². The molecular formula is C7H9Br. The van der Waals surface area contributed by atoms with Crippen molar-refractivity contribution in [3.8, 4) is 0 Å². The van der Waals surface area contributed by atoms with E-state index in [9.17, 15) is 0 Å². The molecule has 0 nitrogen and oxygen atoms in total. The van der Waals surface area contributed by atoms with Gasteiger partial charge >= 0.3 is 0 Å². The standard InChI is InChI=1S/C7H9Br/c1-6-2-4-7(8)5-3-6/h2-4,7H,5H2,1H3. The van der Waals surface area contributed by atoms with Crippen LogP contribution in [-0.2, 0) is 0 Å². The Hall–Kier alpha value is -0.0400. The topological polar surface area (TPSA) is 0 Å². The van der Waals surface area contributed by atoms with E-state index in [1.165, 1.54) is 5.57 Å². The van der Waals surface area contributed by atoms with E-state index in [2.05, 4.69) is 41.1 Å². The van der Waals surface area contributed by atoms with E-state index in [4.69, 9.17) is 0 Å². The number of halogens is 1. The molecule has 0 saturated carbocycles. The fourth-order valence-corrected chi connectivity index (χ4v) is 1.04. The number of allylic oxidation sites excluding steroid dienone is 4. The summed E-state index contributed by atoms with van der Waals surface area (Å²) >= 11 is 3.48. The monoisotopic (exact) mass is 172 g/mol. The van der Waals surface area contributed by atoms with Gasteiger partial charge in [0.15, 0.2) is 0 Å². The lowest BCUT2D eigenvalue weighted by Gasteiger charge is -2.05. The molecule has 0 bridgehead atoms. The molecule has 0 aromatic heterocycles. The quantitative estimate of drug-likeness (QED) is 0.494. The first kappa shape index (κ1) is 6.09. The zero-order valence-corrected chi connectivity index (χ0v) is 6.48. The highest BCUT2D eigenvalue weighted by Crippen LogP contribution is 2.15. The summed E-state index contributed by atoms with van der Waals surface area (Å²) in [6.07, 6.45) is 7.69. The molecule has 44 valence electrons. The average molecular weight is 173 g/mol. The second kappa shape index (κ2) is 2.49. The molecule has 8 heavy (non-hydrogen) atoms. The molecular weight excluding hydrogens is 164 g/mol. The first-order chi connectivity index (χ1) is 3.79. The van der Waals surface area contributed by atoms with Crippen molar-refractivity contribution in [1.82, 2.24) is 0 Å². The summed E-state index contributed by atoms with van der Waals surface area (Å²) in [5.41, 5.74) is 1.38. The minimum atomic E-state index is 0.575. The largest absolute Gasteiger partial charge is 0.0842 e. The molecule has 0 aromatic rings. The van der Waals surface area contributed by atoms with Gasteiger partial charge in [-0.2, -0.15) is 0 Å². The SMILES string of the molecule is CC1=CCC(Br)C=C1. The molecule has 0 spiro atoms. The van der Waals surface area contributed by atoms with Gasteiger partial charge in [-0.1, -0.05) is 39.7 Å². The summed E-state index contributed by atoms with van der Waals surface area (Å²) in [4.78, 5) is 0.575. The fourth-order valence-electron chi connectivity index (χ4n) is 0.701. The molecule has 0 fully saturated rings. The summed E-state index contributed by atoms with van der Waals surface area (Å²) in [5.74, 6) is 0. The van der Waals surface area contributed by atoms with Crippen LogP contribution >= 0.6 is 15.9 Å². The van der Waals surface area contributed by atoms with Gasteiger partial charge in [-0.3, -0.25) is 0 Å². The number of hydrogen-bond donors (Lipinski definition) is 0. The molecule has 1 unspecified atom stereocenters. The van der Waals surface area contributed by atoms with Crippen molar-refractivity contribution in [3.05, 3.63) is 23.8 Å². The summed E-state index contributed by atoms with van der Waals surface area (Å²) < 4.78 is 0. The van der Waals surface area contributed by atoms with Crippen LogP contribution < -0.4 is 0 Å². The van der Waals surface area contributed by atoms with Crippen molar-refractivity contribution in [2.24, 2.45) is 0 Å². The van der Waals surface area contributed by atoms with E-state index in [-0.39, 0.29) is 0 Å². The summed E-state index contributed by atoms with van der Waals surface area (Å²) in [6.45, 7) is 2.12. The van der Waals surface area contributed by atoms with E-state index in [0.717, 1.165) is 6.42 Å². The molecule has 1 aliphatic rings. The smallest absolute Gasteiger partial charge is 0.0363 e. The van der Waals surface area contributed by atoms with Crippen molar-refractivity contribution in [2.45, 2.75) is 18.2 Å². The minimum Gasteiger partial charge on any atom is -0.0842 e. The van der Waals surface area contributed by atoms with Gasteiger partial charge < -0.3 is 0 Å². The number of alkyl halides is 1. The third-order valence-electron chi connectivity index (χ3n) is 1.23. The molecule has 0 radical (unpaired) electrons. The predicted octanol–water partition coefficient (Wildman–Crippen LogP) is 2.66. The van der Waals surface area contributed by atoms with Crippen LogP contribution in [0.2, 0.25) is 0 Å². The number of rotatable bonds is 0. The molecule has 1 atom stereocenters. The van der Waals surface area contributed by atoms with Crippen LogP contribution in [0.4, 0.5) is 0 Å². The molecule has 1 rings (SSSR count). The Bertz CT molecular complexity index is 133. The third kappa shape index (κ3) is 1.48. The summed E-state index contributed by atoms with van der Waals surface area (Å²) in [6, 6.07) is 0. The van der Waals surface area contributed by atoms with Gasteiger partial charge in [0, 0.05) is 4.83 Å². The van der Waals surface area contributed by atoms with E-state index in [1.807, 2.05) is 0 Å². The molecule has 0 amide bonds. The maximum atomic E-state index is 3.48. The lowest BCUT2D eigenvalue weighted by Crippen LogP contribution is -1.93. The molecule has 1 heteroatoms. The van der Waals surface area contributed by atoms with Crippen LogP contribution in [0, 0.1) is 0 Å². The molecule has 1 aliphatic carbocycles. The molecule has 0 aliphatic heterocycles. The second-order valence-electron chi connectivity index (χ2n) is 2.06. The molecule has 0 heterocycles. The van der Waals surface area contributed by atoms with Gasteiger partial charge in [0.1, 0.15) is 0 Å². The maximum absolute atomic E-state index is 3.48. The average Bonchev–Trinajstić information content (AvgIpc) is 1.77. The van der Waals surface area contributed by atoms with Crippen LogP contribution in [0.25, 0.3) is 0 Å². The summed E-state index contributed by atoms with van der Waals surface area (Å²) in [7, 11) is 0. The van der Waals surface area contributed by atoms with Gasteiger partial charge in [-0.05, 0) is 13.3 Å². The van der Waals surface area contributed by atoms with Gasteiger partial charge in [0.2, 0.25) is 0 Å². The number of hydrogen-bond acceptors (Lipinski definition) is 0. The van der Waals surface area contributed by atoms with Gasteiger partial charge in [0.05, 0.1) is 0 Å². The van der Waals surface area contributed by atoms with E-state index in [1.54, 1.807) is 0 Å². The third-order valence-corrected chi connectivity index (χ3v) is 1.91. The Labute approximate surface area is 58.4 Å². The highest BCUT2D eigenvalue weighted by Gasteiger charge is 1.99. The maximum Gasteiger partial charge on any atom is 0.0363 e. The zero-order chi connectivity index (χ0) is 5.98.